The van der Waals surface area contributed by atoms with E-state index in [1.165, 1.54) is 17.7 Å². The Morgan fingerprint density at radius 3 is 2.37 bits per heavy atom. The van der Waals surface area contributed by atoms with E-state index in [1.54, 1.807) is 12.1 Å². The SMILES string of the molecule is CC(CC(=O)N1CCN(C/C=C/c2ccccc2)CC1)c1ccc(F)cc1. The average molecular weight is 366 g/mol. The molecular formula is C23H27FN2O. The van der Waals surface area contributed by atoms with Crippen LogP contribution in [0.15, 0.2) is 60.7 Å². The quantitative estimate of drug-likeness (QED) is 0.766. The third-order valence-corrected chi connectivity index (χ3v) is 5.12. The summed E-state index contributed by atoms with van der Waals surface area (Å²) in [4.78, 5) is 16.9. The molecular weight excluding hydrogens is 339 g/mol. The summed E-state index contributed by atoms with van der Waals surface area (Å²) in [6.07, 6.45) is 4.80. The van der Waals surface area contributed by atoms with Crippen LogP contribution in [0.1, 0.15) is 30.4 Å². The Balaban J connectivity index is 1.42. The zero-order valence-electron chi connectivity index (χ0n) is 15.9. The van der Waals surface area contributed by atoms with Crippen molar-refractivity contribution in [3.05, 3.63) is 77.6 Å². The van der Waals surface area contributed by atoms with Gasteiger partial charge in [0.2, 0.25) is 5.91 Å². The molecule has 0 aromatic heterocycles. The standard InChI is InChI=1S/C23H27FN2O/c1-19(21-9-11-22(24)12-10-21)18-23(27)26-16-14-25(15-17-26)13-5-8-20-6-3-2-4-7-20/h2-12,19H,13-18H2,1H3/b8-5+. The molecule has 2 aromatic carbocycles. The van der Waals surface area contributed by atoms with Gasteiger partial charge in [-0.2, -0.15) is 0 Å². The first-order valence-corrected chi connectivity index (χ1v) is 9.59. The van der Waals surface area contributed by atoms with Gasteiger partial charge in [-0.1, -0.05) is 61.5 Å². The molecule has 1 amide bonds. The predicted molar refractivity (Wildman–Crippen MR) is 108 cm³/mol. The number of hydrogen-bond acceptors (Lipinski definition) is 2. The van der Waals surface area contributed by atoms with Gasteiger partial charge in [-0.25, -0.2) is 4.39 Å². The minimum absolute atomic E-state index is 0.102. The summed E-state index contributed by atoms with van der Waals surface area (Å²) in [7, 11) is 0. The third-order valence-electron chi connectivity index (χ3n) is 5.12. The van der Waals surface area contributed by atoms with E-state index in [1.807, 2.05) is 30.0 Å². The average Bonchev–Trinajstić information content (AvgIpc) is 2.70. The van der Waals surface area contributed by atoms with Crippen LogP contribution in [0.2, 0.25) is 0 Å². The number of hydrogen-bond donors (Lipinski definition) is 0. The normalized spacial score (nSPS) is 16.6. The van der Waals surface area contributed by atoms with Crippen molar-refractivity contribution in [3.8, 4) is 0 Å². The van der Waals surface area contributed by atoms with Crippen molar-refractivity contribution < 1.29 is 9.18 Å². The van der Waals surface area contributed by atoms with Crippen molar-refractivity contribution in [3.63, 3.8) is 0 Å². The maximum Gasteiger partial charge on any atom is 0.223 e. The second kappa shape index (κ2) is 9.47. The largest absolute Gasteiger partial charge is 0.340 e. The zero-order chi connectivity index (χ0) is 19.1. The van der Waals surface area contributed by atoms with Crippen molar-refractivity contribution in [2.24, 2.45) is 0 Å². The van der Waals surface area contributed by atoms with Gasteiger partial charge in [0.1, 0.15) is 5.82 Å². The van der Waals surface area contributed by atoms with Crippen LogP contribution < -0.4 is 0 Å². The summed E-state index contributed by atoms with van der Waals surface area (Å²) < 4.78 is 13.0. The first-order chi connectivity index (χ1) is 13.1. The smallest absolute Gasteiger partial charge is 0.223 e. The lowest BCUT2D eigenvalue weighted by Gasteiger charge is -2.34. The molecule has 0 aliphatic carbocycles. The highest BCUT2D eigenvalue weighted by atomic mass is 19.1. The summed E-state index contributed by atoms with van der Waals surface area (Å²) in [5, 5.41) is 0. The summed E-state index contributed by atoms with van der Waals surface area (Å²) >= 11 is 0. The summed E-state index contributed by atoms with van der Waals surface area (Å²) in [5.74, 6) is 0.0472. The number of carbonyl (C=O) groups excluding carboxylic acids is 1. The first-order valence-electron chi connectivity index (χ1n) is 9.59. The molecule has 1 heterocycles. The van der Waals surface area contributed by atoms with E-state index in [-0.39, 0.29) is 17.6 Å². The molecule has 0 radical (unpaired) electrons. The Hall–Kier alpha value is -2.46. The molecule has 1 unspecified atom stereocenters. The van der Waals surface area contributed by atoms with E-state index in [9.17, 15) is 9.18 Å². The van der Waals surface area contributed by atoms with Crippen molar-refractivity contribution in [1.29, 1.82) is 0 Å². The highest BCUT2D eigenvalue weighted by Crippen LogP contribution is 2.20. The third kappa shape index (κ3) is 5.76. The lowest BCUT2D eigenvalue weighted by molar-refractivity contribution is -0.133. The van der Waals surface area contributed by atoms with Crippen molar-refractivity contribution in [1.82, 2.24) is 9.80 Å². The fourth-order valence-corrected chi connectivity index (χ4v) is 3.38. The number of rotatable bonds is 6. The Kier molecular flexibility index (Phi) is 6.77. The van der Waals surface area contributed by atoms with Gasteiger partial charge in [-0.3, -0.25) is 9.69 Å². The maximum atomic E-state index is 13.0. The van der Waals surface area contributed by atoms with Crippen LogP contribution in [0.25, 0.3) is 6.08 Å². The number of amides is 1. The molecule has 27 heavy (non-hydrogen) atoms. The molecule has 4 heteroatoms. The maximum absolute atomic E-state index is 13.0. The molecule has 2 aromatic rings. The predicted octanol–water partition coefficient (Wildman–Crippen LogP) is 4.18. The molecule has 3 nitrogen and oxygen atoms in total. The number of halogens is 1. The summed E-state index contributed by atoms with van der Waals surface area (Å²) in [5.41, 5.74) is 2.22. The molecule has 1 aliphatic rings. The van der Waals surface area contributed by atoms with E-state index in [2.05, 4.69) is 29.2 Å². The highest BCUT2D eigenvalue weighted by Gasteiger charge is 2.22. The second-order valence-corrected chi connectivity index (χ2v) is 7.15. The van der Waals surface area contributed by atoms with E-state index in [0.29, 0.717) is 6.42 Å². The lowest BCUT2D eigenvalue weighted by Crippen LogP contribution is -2.48. The van der Waals surface area contributed by atoms with E-state index >= 15 is 0 Å². The van der Waals surface area contributed by atoms with Gasteiger partial charge in [-0.15, -0.1) is 0 Å². The number of piperazine rings is 1. The van der Waals surface area contributed by atoms with Crippen LogP contribution in [0.4, 0.5) is 4.39 Å². The van der Waals surface area contributed by atoms with Crippen molar-refractivity contribution >= 4 is 12.0 Å². The molecule has 0 spiro atoms. The Morgan fingerprint density at radius 2 is 1.70 bits per heavy atom. The molecule has 0 bridgehead atoms. The van der Waals surface area contributed by atoms with Gasteiger partial charge in [0.25, 0.3) is 0 Å². The van der Waals surface area contributed by atoms with Crippen molar-refractivity contribution in [2.45, 2.75) is 19.3 Å². The van der Waals surface area contributed by atoms with Crippen LogP contribution in [0.5, 0.6) is 0 Å². The van der Waals surface area contributed by atoms with Gasteiger partial charge >= 0.3 is 0 Å². The molecule has 3 rings (SSSR count). The summed E-state index contributed by atoms with van der Waals surface area (Å²) in [6, 6.07) is 16.7. The number of benzene rings is 2. The van der Waals surface area contributed by atoms with Gasteiger partial charge in [0.15, 0.2) is 0 Å². The second-order valence-electron chi connectivity index (χ2n) is 7.15. The lowest BCUT2D eigenvalue weighted by atomic mass is 9.97. The minimum Gasteiger partial charge on any atom is -0.340 e. The fourth-order valence-electron chi connectivity index (χ4n) is 3.38. The molecule has 0 N–H and O–H groups in total. The fraction of sp³-hybridized carbons (Fsp3) is 0.348. The van der Waals surface area contributed by atoms with Gasteiger partial charge in [0.05, 0.1) is 0 Å². The van der Waals surface area contributed by atoms with Gasteiger partial charge in [0, 0.05) is 39.1 Å². The molecule has 1 saturated heterocycles. The van der Waals surface area contributed by atoms with Crippen LogP contribution in [-0.2, 0) is 4.79 Å². The topological polar surface area (TPSA) is 23.6 Å². The molecule has 1 aliphatic heterocycles. The van der Waals surface area contributed by atoms with Crippen molar-refractivity contribution in [2.75, 3.05) is 32.7 Å². The molecule has 1 fully saturated rings. The number of nitrogens with zero attached hydrogens (tertiary/aromatic N) is 2. The monoisotopic (exact) mass is 366 g/mol. The van der Waals surface area contributed by atoms with Crippen LogP contribution >= 0.6 is 0 Å². The molecule has 0 saturated carbocycles. The van der Waals surface area contributed by atoms with Crippen LogP contribution in [-0.4, -0.2) is 48.4 Å². The Morgan fingerprint density at radius 1 is 1.04 bits per heavy atom. The molecule has 1 atom stereocenters. The minimum atomic E-state index is -0.241. The van der Waals surface area contributed by atoms with Gasteiger partial charge < -0.3 is 4.90 Å². The van der Waals surface area contributed by atoms with Crippen LogP contribution in [0.3, 0.4) is 0 Å². The first kappa shape index (κ1) is 19.3. The van der Waals surface area contributed by atoms with Crippen LogP contribution in [0, 0.1) is 5.82 Å². The highest BCUT2D eigenvalue weighted by molar-refractivity contribution is 5.77. The number of carbonyl (C=O) groups is 1. The summed E-state index contributed by atoms with van der Waals surface area (Å²) in [6.45, 7) is 6.27. The van der Waals surface area contributed by atoms with E-state index in [0.717, 1.165) is 38.3 Å². The Bertz CT molecular complexity index is 750. The van der Waals surface area contributed by atoms with Gasteiger partial charge in [-0.05, 0) is 29.2 Å². The van der Waals surface area contributed by atoms with E-state index in [4.69, 9.17) is 0 Å². The Labute approximate surface area is 161 Å². The zero-order valence-corrected chi connectivity index (χ0v) is 15.9. The molecule has 142 valence electrons. The van der Waals surface area contributed by atoms with E-state index < -0.39 is 0 Å².